The number of amides is 1. The van der Waals surface area contributed by atoms with Gasteiger partial charge in [-0.3, -0.25) is 10.1 Å². The van der Waals surface area contributed by atoms with Gasteiger partial charge in [0, 0.05) is 23.7 Å². The highest BCUT2D eigenvalue weighted by Gasteiger charge is 2.19. The van der Waals surface area contributed by atoms with Crippen molar-refractivity contribution in [3.05, 3.63) is 58.6 Å². The minimum absolute atomic E-state index is 0.273. The molecule has 0 spiro atoms. The van der Waals surface area contributed by atoms with Gasteiger partial charge in [0.1, 0.15) is 0 Å². The van der Waals surface area contributed by atoms with E-state index in [2.05, 4.69) is 28.5 Å². The zero-order valence-electron chi connectivity index (χ0n) is 15.6. The molecular weight excluding hydrogens is 378 g/mol. The van der Waals surface area contributed by atoms with Crippen LogP contribution < -0.4 is 15.5 Å². The molecular formula is C21H24ClN3OS. The largest absolute Gasteiger partial charge is 0.370 e. The van der Waals surface area contributed by atoms with Gasteiger partial charge in [-0.15, -0.1) is 0 Å². The Labute approximate surface area is 170 Å². The van der Waals surface area contributed by atoms with Crippen LogP contribution in [0, 0.1) is 12.8 Å². The number of thiocarbonyl (C=S) groups is 1. The number of hydrogen-bond donors (Lipinski definition) is 2. The lowest BCUT2D eigenvalue weighted by Gasteiger charge is -2.33. The Morgan fingerprint density at radius 3 is 2.59 bits per heavy atom. The van der Waals surface area contributed by atoms with E-state index >= 15 is 0 Å². The number of benzene rings is 2. The van der Waals surface area contributed by atoms with Crippen LogP contribution in [-0.2, 0) is 0 Å². The van der Waals surface area contributed by atoms with E-state index in [0.717, 1.165) is 35.9 Å². The normalized spacial score (nSPS) is 14.7. The summed E-state index contributed by atoms with van der Waals surface area (Å²) in [6.07, 6.45) is 2.37. The number of anilines is 2. The summed E-state index contributed by atoms with van der Waals surface area (Å²) in [7, 11) is 0. The van der Waals surface area contributed by atoms with Gasteiger partial charge in [-0.1, -0.05) is 36.7 Å². The zero-order chi connectivity index (χ0) is 19.4. The van der Waals surface area contributed by atoms with Gasteiger partial charge in [-0.05, 0) is 67.7 Å². The first kappa shape index (κ1) is 19.6. The average molecular weight is 402 g/mol. The van der Waals surface area contributed by atoms with Gasteiger partial charge in [-0.25, -0.2) is 0 Å². The molecule has 2 aromatic rings. The highest BCUT2D eigenvalue weighted by Crippen LogP contribution is 2.29. The highest BCUT2D eigenvalue weighted by molar-refractivity contribution is 7.80. The Hall–Kier alpha value is -2.11. The fourth-order valence-electron chi connectivity index (χ4n) is 3.17. The summed E-state index contributed by atoms with van der Waals surface area (Å²) in [5.74, 6) is 0.488. The number of nitrogens with zero attached hydrogens (tertiary/aromatic N) is 1. The lowest BCUT2D eigenvalue weighted by Crippen LogP contribution is -2.36. The zero-order valence-corrected chi connectivity index (χ0v) is 17.2. The van der Waals surface area contributed by atoms with Crippen LogP contribution in [0.25, 0.3) is 0 Å². The van der Waals surface area contributed by atoms with E-state index < -0.39 is 0 Å². The van der Waals surface area contributed by atoms with Gasteiger partial charge >= 0.3 is 0 Å². The van der Waals surface area contributed by atoms with Gasteiger partial charge in [0.15, 0.2) is 5.11 Å². The maximum atomic E-state index is 12.4. The van der Waals surface area contributed by atoms with E-state index in [4.69, 9.17) is 23.8 Å². The molecule has 1 fully saturated rings. The predicted octanol–water partition coefficient (Wildman–Crippen LogP) is 5.01. The van der Waals surface area contributed by atoms with Crippen LogP contribution in [0.1, 0.15) is 35.7 Å². The molecule has 0 atom stereocenters. The third-order valence-corrected chi connectivity index (χ3v) is 5.55. The number of para-hydroxylation sites is 2. The minimum atomic E-state index is -0.279. The molecule has 0 aromatic heterocycles. The molecule has 2 aromatic carbocycles. The molecule has 0 bridgehead atoms. The number of carbonyl (C=O) groups is 1. The van der Waals surface area contributed by atoms with E-state index in [1.165, 1.54) is 12.8 Å². The van der Waals surface area contributed by atoms with Crippen LogP contribution >= 0.6 is 23.8 Å². The number of nitrogens with one attached hydrogen (secondary N) is 2. The van der Waals surface area contributed by atoms with Crippen LogP contribution in [0.2, 0.25) is 5.02 Å². The first-order chi connectivity index (χ1) is 12.9. The van der Waals surface area contributed by atoms with E-state index in [1.54, 1.807) is 12.1 Å². The van der Waals surface area contributed by atoms with Crippen LogP contribution in [0.4, 0.5) is 11.4 Å². The molecule has 27 heavy (non-hydrogen) atoms. The lowest BCUT2D eigenvalue weighted by molar-refractivity contribution is 0.0977. The molecule has 1 aliphatic rings. The molecule has 6 heteroatoms. The molecule has 1 aliphatic heterocycles. The van der Waals surface area contributed by atoms with Gasteiger partial charge < -0.3 is 10.2 Å². The number of piperidine rings is 1. The Balaban J connectivity index is 1.67. The Bertz CT molecular complexity index is 847. The fourth-order valence-corrected chi connectivity index (χ4v) is 3.55. The van der Waals surface area contributed by atoms with Gasteiger partial charge in [0.05, 0.1) is 11.4 Å². The molecule has 0 aliphatic carbocycles. The molecule has 1 amide bonds. The van der Waals surface area contributed by atoms with E-state index in [1.807, 2.05) is 31.2 Å². The number of rotatable bonds is 3. The fraction of sp³-hybridized carbons (Fsp3) is 0.333. The number of carbonyl (C=O) groups excluding carboxylic acids is 1. The van der Waals surface area contributed by atoms with Crippen molar-refractivity contribution >= 4 is 46.2 Å². The van der Waals surface area contributed by atoms with Crippen LogP contribution in [0.5, 0.6) is 0 Å². The van der Waals surface area contributed by atoms with E-state index in [-0.39, 0.29) is 11.0 Å². The molecule has 1 saturated heterocycles. The van der Waals surface area contributed by atoms with Gasteiger partial charge in [0.2, 0.25) is 0 Å². The monoisotopic (exact) mass is 401 g/mol. The summed E-state index contributed by atoms with van der Waals surface area (Å²) in [5.41, 5.74) is 3.42. The average Bonchev–Trinajstić information content (AvgIpc) is 2.65. The van der Waals surface area contributed by atoms with E-state index in [0.29, 0.717) is 10.6 Å². The molecule has 3 rings (SSSR count). The summed E-state index contributed by atoms with van der Waals surface area (Å²) in [5, 5.41) is 6.74. The van der Waals surface area contributed by atoms with E-state index in [9.17, 15) is 4.79 Å². The van der Waals surface area contributed by atoms with Gasteiger partial charge in [0.25, 0.3) is 5.91 Å². The summed E-state index contributed by atoms with van der Waals surface area (Å²) >= 11 is 11.5. The minimum Gasteiger partial charge on any atom is -0.370 e. The van der Waals surface area contributed by atoms with Crippen LogP contribution in [-0.4, -0.2) is 24.1 Å². The number of aryl methyl sites for hydroxylation is 1. The molecule has 142 valence electrons. The second-order valence-electron chi connectivity index (χ2n) is 7.06. The van der Waals surface area contributed by atoms with Gasteiger partial charge in [-0.2, -0.15) is 0 Å². The topological polar surface area (TPSA) is 44.4 Å². The molecule has 0 saturated carbocycles. The predicted molar refractivity (Wildman–Crippen MR) is 117 cm³/mol. The summed E-state index contributed by atoms with van der Waals surface area (Å²) < 4.78 is 0. The third-order valence-electron chi connectivity index (χ3n) is 4.94. The smallest absolute Gasteiger partial charge is 0.257 e. The lowest BCUT2D eigenvalue weighted by atomic mass is 9.98. The first-order valence-electron chi connectivity index (χ1n) is 9.16. The van der Waals surface area contributed by atoms with Crippen molar-refractivity contribution in [2.45, 2.75) is 26.7 Å². The van der Waals surface area contributed by atoms with Crippen molar-refractivity contribution < 1.29 is 4.79 Å². The molecule has 0 radical (unpaired) electrons. The highest BCUT2D eigenvalue weighted by atomic mass is 35.5. The summed E-state index contributed by atoms with van der Waals surface area (Å²) in [6, 6.07) is 13.3. The standard InChI is InChI=1S/C21H24ClN3OS/c1-14-9-11-25(12-10-14)19-6-4-3-5-18(19)23-21(27)24-20(26)16-8-7-15(2)17(22)13-16/h3-8,13-14H,9-12H2,1-2H3,(H2,23,24,26,27). The van der Waals surface area contributed by atoms with Crippen molar-refractivity contribution in [2.24, 2.45) is 5.92 Å². The van der Waals surface area contributed by atoms with Crippen molar-refractivity contribution in [3.8, 4) is 0 Å². The second kappa shape index (κ2) is 8.72. The third kappa shape index (κ3) is 4.99. The quantitative estimate of drug-likeness (QED) is 0.709. The maximum absolute atomic E-state index is 12.4. The maximum Gasteiger partial charge on any atom is 0.257 e. The number of hydrogen-bond acceptors (Lipinski definition) is 3. The summed E-state index contributed by atoms with van der Waals surface area (Å²) in [4.78, 5) is 14.8. The molecule has 1 heterocycles. The van der Waals surface area contributed by atoms with Crippen LogP contribution in [0.3, 0.4) is 0 Å². The Morgan fingerprint density at radius 2 is 1.89 bits per heavy atom. The molecule has 0 unspecified atom stereocenters. The summed E-state index contributed by atoms with van der Waals surface area (Å²) in [6.45, 7) is 6.25. The Morgan fingerprint density at radius 1 is 1.19 bits per heavy atom. The SMILES string of the molecule is Cc1ccc(C(=O)NC(=S)Nc2ccccc2N2CCC(C)CC2)cc1Cl. The molecule has 2 N–H and O–H groups in total. The first-order valence-corrected chi connectivity index (χ1v) is 9.95. The van der Waals surface area contributed by atoms with Crippen molar-refractivity contribution in [2.75, 3.05) is 23.3 Å². The van der Waals surface area contributed by atoms with Crippen LogP contribution in [0.15, 0.2) is 42.5 Å². The Kier molecular flexibility index (Phi) is 6.34. The van der Waals surface area contributed by atoms with Crippen molar-refractivity contribution in [3.63, 3.8) is 0 Å². The second-order valence-corrected chi connectivity index (χ2v) is 7.87. The van der Waals surface area contributed by atoms with Crippen molar-refractivity contribution in [1.29, 1.82) is 0 Å². The molecule has 4 nitrogen and oxygen atoms in total. The van der Waals surface area contributed by atoms with Crippen molar-refractivity contribution in [1.82, 2.24) is 5.32 Å². The number of halogens is 1.